The van der Waals surface area contributed by atoms with Gasteiger partial charge in [-0.3, -0.25) is 5.10 Å². The predicted molar refractivity (Wildman–Crippen MR) is 115 cm³/mol. The van der Waals surface area contributed by atoms with E-state index >= 15 is 0 Å². The molecule has 5 rings (SSSR count). The molecule has 0 atom stereocenters. The molecular weight excluding hydrogens is 413 g/mol. The summed E-state index contributed by atoms with van der Waals surface area (Å²) in [7, 11) is 0. The third-order valence-electron chi connectivity index (χ3n) is 4.66. The van der Waals surface area contributed by atoms with Gasteiger partial charge in [-0.1, -0.05) is 12.1 Å². The number of aromatic hydroxyl groups is 1. The second-order valence-corrected chi connectivity index (χ2v) is 6.35. The Bertz CT molecular complexity index is 1120. The number of phenolic OH excluding ortho intramolecular Hbond substituents is 1. The molecule has 10 heteroatoms. The lowest BCUT2D eigenvalue weighted by atomic mass is 10.0. The van der Waals surface area contributed by atoms with Crippen molar-refractivity contribution in [2.24, 2.45) is 5.73 Å². The van der Waals surface area contributed by atoms with Crippen LogP contribution in [0.4, 0.5) is 5.95 Å². The van der Waals surface area contributed by atoms with Gasteiger partial charge in [-0.05, 0) is 29.3 Å². The highest BCUT2D eigenvalue weighted by Gasteiger charge is 2.25. The molecule has 0 fully saturated rings. The Labute approximate surface area is 178 Å². The average Bonchev–Trinajstić information content (AvgIpc) is 3.41. The molecule has 0 unspecified atom stereocenters. The number of hydrogen-bond donors (Lipinski definition) is 3. The largest absolute Gasteiger partial charge is 0.507 e. The molecule has 0 amide bonds. The molecule has 1 aliphatic carbocycles. The number of aromatic nitrogens is 5. The normalized spacial score (nSPS) is 14.3. The second-order valence-electron chi connectivity index (χ2n) is 6.35. The van der Waals surface area contributed by atoms with Crippen molar-refractivity contribution < 1.29 is 5.11 Å². The number of nitrogens with two attached hydrogens (primary N) is 1. The highest BCUT2D eigenvalue weighted by Crippen LogP contribution is 2.33. The van der Waals surface area contributed by atoms with Gasteiger partial charge in [0, 0.05) is 34.8 Å². The summed E-state index contributed by atoms with van der Waals surface area (Å²) in [5.41, 5.74) is 11.7. The first-order chi connectivity index (χ1) is 13.2. The minimum atomic E-state index is 0. The molecule has 3 heterocycles. The third kappa shape index (κ3) is 3.55. The van der Waals surface area contributed by atoms with Crippen LogP contribution < -0.4 is 10.6 Å². The van der Waals surface area contributed by atoms with Crippen LogP contribution in [0.15, 0.2) is 72.0 Å². The van der Waals surface area contributed by atoms with Gasteiger partial charge >= 0.3 is 0 Å². The molecule has 0 saturated carbocycles. The minimum Gasteiger partial charge on any atom is -0.507 e. The molecule has 4 N–H and O–H groups in total. The number of nitrogens with one attached hydrogen (secondary N) is 1. The topological polar surface area (TPSA) is 117 Å². The van der Waals surface area contributed by atoms with Crippen LogP contribution in [0.5, 0.6) is 5.75 Å². The van der Waals surface area contributed by atoms with Crippen LogP contribution in [0.3, 0.4) is 0 Å². The van der Waals surface area contributed by atoms with E-state index in [2.05, 4.69) is 25.4 Å². The molecule has 148 valence electrons. The number of hydrogen-bond acceptors (Lipinski definition) is 7. The van der Waals surface area contributed by atoms with Gasteiger partial charge in [-0.2, -0.15) is 5.10 Å². The van der Waals surface area contributed by atoms with Gasteiger partial charge in [0.05, 0.1) is 18.9 Å². The van der Waals surface area contributed by atoms with E-state index in [1.54, 1.807) is 30.7 Å². The minimum absolute atomic E-state index is 0. The quantitative estimate of drug-likeness (QED) is 0.585. The number of aromatic amines is 1. The smallest absolute Gasteiger partial charge is 0.249 e. The first kappa shape index (κ1) is 20.4. The van der Waals surface area contributed by atoms with Crippen molar-refractivity contribution in [1.82, 2.24) is 25.4 Å². The summed E-state index contributed by atoms with van der Waals surface area (Å²) in [4.78, 5) is 6.30. The maximum absolute atomic E-state index is 10.4. The van der Waals surface area contributed by atoms with Gasteiger partial charge in [-0.15, -0.1) is 35.0 Å². The number of allylic oxidation sites excluding steroid dienone is 3. The van der Waals surface area contributed by atoms with Crippen LogP contribution in [0.25, 0.3) is 22.4 Å². The zero-order valence-corrected chi connectivity index (χ0v) is 16.6. The third-order valence-corrected chi connectivity index (χ3v) is 4.66. The number of anilines is 1. The Balaban J connectivity index is 0.00000120. The van der Waals surface area contributed by atoms with Gasteiger partial charge in [0.25, 0.3) is 0 Å². The number of nitrogens with zero attached hydrogens (tertiary/aromatic N) is 5. The maximum Gasteiger partial charge on any atom is 0.249 e. The van der Waals surface area contributed by atoms with Gasteiger partial charge in [-0.25, -0.2) is 4.98 Å². The van der Waals surface area contributed by atoms with Gasteiger partial charge in [0.15, 0.2) is 0 Å². The number of halogens is 2. The van der Waals surface area contributed by atoms with Crippen molar-refractivity contribution in [1.29, 1.82) is 0 Å². The van der Waals surface area contributed by atoms with Crippen molar-refractivity contribution in [3.63, 3.8) is 0 Å². The SMILES string of the molecule is Cl.Cl.NC1=CC=C2CN(c3ncc(-c4ccc(-c5cn[nH]c5)cc4O)nn3)C=C12. The Hall–Kier alpha value is -3.36. The molecule has 3 aromatic rings. The van der Waals surface area contributed by atoms with Crippen LogP contribution in [0.1, 0.15) is 0 Å². The van der Waals surface area contributed by atoms with Crippen LogP contribution in [-0.4, -0.2) is 37.0 Å². The molecule has 0 spiro atoms. The van der Waals surface area contributed by atoms with E-state index in [0.29, 0.717) is 23.8 Å². The number of benzene rings is 1. The van der Waals surface area contributed by atoms with Gasteiger partial charge < -0.3 is 15.7 Å². The van der Waals surface area contributed by atoms with E-state index < -0.39 is 0 Å². The summed E-state index contributed by atoms with van der Waals surface area (Å²) in [5, 5.41) is 25.5. The van der Waals surface area contributed by atoms with Gasteiger partial charge in [0.1, 0.15) is 11.4 Å². The lowest BCUT2D eigenvalue weighted by Gasteiger charge is -2.12. The second kappa shape index (κ2) is 7.94. The highest BCUT2D eigenvalue weighted by atomic mass is 35.5. The van der Waals surface area contributed by atoms with E-state index in [-0.39, 0.29) is 30.6 Å². The summed E-state index contributed by atoms with van der Waals surface area (Å²) in [6.45, 7) is 0.665. The average molecular weight is 430 g/mol. The molecule has 0 radical (unpaired) electrons. The van der Waals surface area contributed by atoms with Gasteiger partial charge in [0.2, 0.25) is 5.95 Å². The zero-order valence-electron chi connectivity index (χ0n) is 15.0. The first-order valence-electron chi connectivity index (χ1n) is 8.37. The fourth-order valence-corrected chi connectivity index (χ4v) is 3.22. The lowest BCUT2D eigenvalue weighted by Crippen LogP contribution is -2.17. The Kier molecular flexibility index (Phi) is 5.58. The zero-order chi connectivity index (χ0) is 18.4. The standard InChI is InChI=1S/C19H15N7O.2ClH/c20-16-4-2-12-9-26(10-15(12)16)19-21-8-17(24-25-19)14-3-1-11(5-18(14)27)13-6-22-23-7-13;;/h1-8,10,27H,9,20H2,(H,22,23);2*1H. The number of phenols is 1. The molecule has 29 heavy (non-hydrogen) atoms. The van der Waals surface area contributed by atoms with Crippen LogP contribution in [-0.2, 0) is 0 Å². The van der Waals surface area contributed by atoms with Crippen molar-refractivity contribution in [2.45, 2.75) is 0 Å². The van der Waals surface area contributed by atoms with Crippen molar-refractivity contribution >= 4 is 30.8 Å². The first-order valence-corrected chi connectivity index (χ1v) is 8.37. The predicted octanol–water partition coefficient (Wildman–Crippen LogP) is 2.96. The van der Waals surface area contributed by atoms with E-state index in [9.17, 15) is 5.11 Å². The summed E-state index contributed by atoms with van der Waals surface area (Å²) in [5.74, 6) is 0.599. The molecule has 2 aromatic heterocycles. The Morgan fingerprint density at radius 3 is 2.59 bits per heavy atom. The summed E-state index contributed by atoms with van der Waals surface area (Å²) < 4.78 is 0. The molecular formula is C19H17Cl2N7O. The molecule has 0 saturated heterocycles. The molecule has 8 nitrogen and oxygen atoms in total. The fraction of sp³-hybridized carbons (Fsp3) is 0.0526. The monoisotopic (exact) mass is 429 g/mol. The summed E-state index contributed by atoms with van der Waals surface area (Å²) >= 11 is 0. The lowest BCUT2D eigenvalue weighted by molar-refractivity contribution is 0.477. The van der Waals surface area contributed by atoms with Crippen LogP contribution in [0.2, 0.25) is 0 Å². The van der Waals surface area contributed by atoms with E-state index in [0.717, 1.165) is 28.0 Å². The maximum atomic E-state index is 10.4. The fourth-order valence-electron chi connectivity index (χ4n) is 3.22. The Morgan fingerprint density at radius 2 is 1.93 bits per heavy atom. The van der Waals surface area contributed by atoms with Crippen LogP contribution in [0, 0.1) is 0 Å². The molecule has 0 bridgehead atoms. The van der Waals surface area contributed by atoms with E-state index in [1.165, 1.54) is 0 Å². The molecule has 1 aliphatic heterocycles. The summed E-state index contributed by atoms with van der Waals surface area (Å²) in [6, 6.07) is 5.36. The summed E-state index contributed by atoms with van der Waals surface area (Å²) in [6.07, 6.45) is 10.9. The molecule has 2 aliphatic rings. The number of rotatable bonds is 3. The molecule has 1 aromatic carbocycles. The highest BCUT2D eigenvalue weighted by molar-refractivity contribution is 5.85. The number of fused-ring (bicyclic) bond motifs is 1. The van der Waals surface area contributed by atoms with E-state index in [4.69, 9.17) is 5.73 Å². The number of H-pyrrole nitrogens is 1. The Morgan fingerprint density at radius 1 is 1.07 bits per heavy atom. The van der Waals surface area contributed by atoms with E-state index in [1.807, 2.05) is 29.3 Å². The van der Waals surface area contributed by atoms with Crippen molar-refractivity contribution in [2.75, 3.05) is 11.4 Å². The van der Waals surface area contributed by atoms with Crippen molar-refractivity contribution in [3.8, 4) is 28.1 Å². The van der Waals surface area contributed by atoms with Crippen LogP contribution >= 0.6 is 24.8 Å². The van der Waals surface area contributed by atoms with Crippen molar-refractivity contribution in [3.05, 3.63) is 72.0 Å².